The van der Waals surface area contributed by atoms with Gasteiger partial charge >= 0.3 is 0 Å². The number of likely N-dealkylation sites (N-methyl/N-ethyl adjacent to an activating group) is 1. The summed E-state index contributed by atoms with van der Waals surface area (Å²) < 4.78 is 0. The number of piperidine rings is 1. The lowest BCUT2D eigenvalue weighted by Crippen LogP contribution is -2.63. The van der Waals surface area contributed by atoms with Crippen LogP contribution in [-0.4, -0.2) is 54.6 Å². The lowest BCUT2D eigenvalue weighted by Gasteiger charge is -2.52. The van der Waals surface area contributed by atoms with Crippen LogP contribution >= 0.6 is 0 Å². The van der Waals surface area contributed by atoms with Gasteiger partial charge in [0.2, 0.25) is 0 Å². The van der Waals surface area contributed by atoms with Crippen LogP contribution in [0.2, 0.25) is 0 Å². The number of hydrogen-bond acceptors (Lipinski definition) is 3. The molecule has 0 amide bonds. The number of nitrogens with zero attached hydrogens (tertiary/aromatic N) is 2. The van der Waals surface area contributed by atoms with E-state index >= 15 is 0 Å². The first-order valence-electron chi connectivity index (χ1n) is 8.31. The van der Waals surface area contributed by atoms with Crippen molar-refractivity contribution in [3.63, 3.8) is 0 Å². The summed E-state index contributed by atoms with van der Waals surface area (Å²) in [5.74, 6) is 1.75. The Labute approximate surface area is 118 Å². The molecule has 2 N–H and O–H groups in total. The van der Waals surface area contributed by atoms with Crippen molar-refractivity contribution in [3.8, 4) is 0 Å². The second kappa shape index (κ2) is 5.34. The summed E-state index contributed by atoms with van der Waals surface area (Å²) in [7, 11) is 2.38. The maximum atomic E-state index is 6.30. The maximum absolute atomic E-state index is 6.30. The van der Waals surface area contributed by atoms with Crippen molar-refractivity contribution in [1.29, 1.82) is 0 Å². The molecule has 0 aromatic carbocycles. The van der Waals surface area contributed by atoms with Crippen molar-refractivity contribution in [2.45, 2.75) is 57.0 Å². The fourth-order valence-electron chi connectivity index (χ4n) is 4.90. The molecule has 2 bridgehead atoms. The Morgan fingerprint density at radius 1 is 1.16 bits per heavy atom. The van der Waals surface area contributed by atoms with Gasteiger partial charge in [-0.05, 0) is 70.5 Å². The normalized spacial score (nSPS) is 46.7. The third-order valence-electron chi connectivity index (χ3n) is 6.48. The zero-order valence-electron chi connectivity index (χ0n) is 12.8. The molecule has 0 radical (unpaired) electrons. The first kappa shape index (κ1) is 13.8. The second-order valence-electron chi connectivity index (χ2n) is 7.37. The van der Waals surface area contributed by atoms with E-state index in [1.807, 2.05) is 0 Å². The zero-order valence-corrected chi connectivity index (χ0v) is 12.8. The van der Waals surface area contributed by atoms with Crippen LogP contribution in [0, 0.1) is 11.8 Å². The van der Waals surface area contributed by atoms with Crippen molar-refractivity contribution in [2.24, 2.45) is 17.6 Å². The van der Waals surface area contributed by atoms with Crippen molar-refractivity contribution in [2.75, 3.05) is 33.2 Å². The van der Waals surface area contributed by atoms with E-state index in [0.717, 1.165) is 24.4 Å². The van der Waals surface area contributed by atoms with Gasteiger partial charge < -0.3 is 10.6 Å². The van der Waals surface area contributed by atoms with E-state index in [1.165, 1.54) is 58.2 Å². The molecule has 2 aliphatic heterocycles. The molecule has 2 heterocycles. The first-order chi connectivity index (χ1) is 9.15. The predicted octanol–water partition coefficient (Wildman–Crippen LogP) is 1.92. The lowest BCUT2D eigenvalue weighted by molar-refractivity contribution is -0.0158. The third-order valence-corrected chi connectivity index (χ3v) is 6.48. The van der Waals surface area contributed by atoms with Gasteiger partial charge in [0.15, 0.2) is 0 Å². The van der Waals surface area contributed by atoms with Gasteiger partial charge in [-0.3, -0.25) is 4.90 Å². The van der Waals surface area contributed by atoms with Crippen LogP contribution in [0.25, 0.3) is 0 Å². The van der Waals surface area contributed by atoms with E-state index in [0.29, 0.717) is 5.54 Å². The maximum Gasteiger partial charge on any atom is 0.0384 e. The smallest absolute Gasteiger partial charge is 0.0384 e. The van der Waals surface area contributed by atoms with Gasteiger partial charge in [-0.25, -0.2) is 0 Å². The minimum Gasteiger partial charge on any atom is -0.329 e. The number of nitrogens with two attached hydrogens (primary N) is 1. The predicted molar refractivity (Wildman–Crippen MR) is 80.1 cm³/mol. The van der Waals surface area contributed by atoms with E-state index in [4.69, 9.17) is 5.73 Å². The Hall–Kier alpha value is -0.120. The van der Waals surface area contributed by atoms with Crippen molar-refractivity contribution in [1.82, 2.24) is 9.80 Å². The largest absolute Gasteiger partial charge is 0.329 e. The van der Waals surface area contributed by atoms with Crippen molar-refractivity contribution >= 4 is 0 Å². The molecule has 0 aromatic heterocycles. The van der Waals surface area contributed by atoms with Crippen molar-refractivity contribution < 1.29 is 0 Å². The molecule has 3 atom stereocenters. The van der Waals surface area contributed by atoms with Gasteiger partial charge in [0, 0.05) is 24.7 Å². The fraction of sp³-hybridized carbons (Fsp3) is 1.00. The minimum atomic E-state index is 0.304. The van der Waals surface area contributed by atoms with Gasteiger partial charge in [-0.1, -0.05) is 6.92 Å². The van der Waals surface area contributed by atoms with Crippen LogP contribution in [0.15, 0.2) is 0 Å². The van der Waals surface area contributed by atoms with Gasteiger partial charge in [0.25, 0.3) is 0 Å². The summed E-state index contributed by atoms with van der Waals surface area (Å²) in [6.45, 7) is 7.13. The second-order valence-corrected chi connectivity index (χ2v) is 7.37. The summed E-state index contributed by atoms with van der Waals surface area (Å²) in [6, 6.07) is 0.784. The van der Waals surface area contributed by atoms with Gasteiger partial charge in [0.1, 0.15) is 0 Å². The van der Waals surface area contributed by atoms with Gasteiger partial charge in [-0.15, -0.1) is 0 Å². The van der Waals surface area contributed by atoms with Crippen LogP contribution in [0.1, 0.15) is 45.4 Å². The van der Waals surface area contributed by atoms with Crippen LogP contribution in [0.4, 0.5) is 0 Å². The molecule has 3 heteroatoms. The van der Waals surface area contributed by atoms with Gasteiger partial charge in [-0.2, -0.15) is 0 Å². The molecule has 3 nitrogen and oxygen atoms in total. The molecule has 3 aliphatic rings. The van der Waals surface area contributed by atoms with Crippen LogP contribution in [0.5, 0.6) is 0 Å². The van der Waals surface area contributed by atoms with E-state index < -0.39 is 0 Å². The molecule has 0 spiro atoms. The van der Waals surface area contributed by atoms with Crippen LogP contribution < -0.4 is 5.73 Å². The summed E-state index contributed by atoms with van der Waals surface area (Å²) >= 11 is 0. The summed E-state index contributed by atoms with van der Waals surface area (Å²) in [6.07, 6.45) is 8.24. The van der Waals surface area contributed by atoms with Gasteiger partial charge in [0.05, 0.1) is 0 Å². The topological polar surface area (TPSA) is 32.5 Å². The minimum absolute atomic E-state index is 0.304. The first-order valence-corrected chi connectivity index (χ1v) is 8.31. The monoisotopic (exact) mass is 265 g/mol. The highest BCUT2D eigenvalue weighted by Gasteiger charge is 2.49. The molecule has 3 unspecified atom stereocenters. The van der Waals surface area contributed by atoms with E-state index in [9.17, 15) is 0 Å². The summed E-state index contributed by atoms with van der Waals surface area (Å²) in [4.78, 5) is 5.36. The van der Waals surface area contributed by atoms with Crippen molar-refractivity contribution in [3.05, 3.63) is 0 Å². The van der Waals surface area contributed by atoms with E-state index in [-0.39, 0.29) is 0 Å². The zero-order chi connectivity index (χ0) is 13.5. The summed E-state index contributed by atoms with van der Waals surface area (Å²) in [5, 5.41) is 0. The molecule has 2 saturated heterocycles. The molecule has 1 aliphatic carbocycles. The average molecular weight is 265 g/mol. The van der Waals surface area contributed by atoms with E-state index in [2.05, 4.69) is 23.8 Å². The highest BCUT2D eigenvalue weighted by atomic mass is 15.3. The Balaban J connectivity index is 1.73. The van der Waals surface area contributed by atoms with Crippen LogP contribution in [-0.2, 0) is 0 Å². The fourth-order valence-corrected chi connectivity index (χ4v) is 4.90. The molecule has 1 saturated carbocycles. The Morgan fingerprint density at radius 3 is 2.58 bits per heavy atom. The summed E-state index contributed by atoms with van der Waals surface area (Å²) in [5.41, 5.74) is 6.60. The molecule has 3 rings (SSSR count). The molecule has 110 valence electrons. The number of rotatable bonds is 3. The SMILES string of the molecule is CC1CCC(N(C)C2(CN)CCN3CCC2C3)CC1. The Kier molecular flexibility index (Phi) is 3.89. The number of fused-ring (bicyclic) bond motifs is 2. The highest BCUT2D eigenvalue weighted by molar-refractivity contribution is 5.06. The van der Waals surface area contributed by atoms with E-state index in [1.54, 1.807) is 0 Å². The molecule has 3 fully saturated rings. The Morgan fingerprint density at radius 2 is 1.89 bits per heavy atom. The lowest BCUT2D eigenvalue weighted by atomic mass is 9.75. The number of hydrogen-bond donors (Lipinski definition) is 1. The Bertz CT molecular complexity index is 311. The molecular formula is C16H31N3. The molecular weight excluding hydrogens is 234 g/mol. The third kappa shape index (κ3) is 2.34. The molecule has 19 heavy (non-hydrogen) atoms. The molecule has 0 aromatic rings. The van der Waals surface area contributed by atoms with Crippen LogP contribution in [0.3, 0.4) is 0 Å². The average Bonchev–Trinajstić information content (AvgIpc) is 2.84. The standard InChI is InChI=1S/C16H31N3/c1-13-3-5-15(6-4-13)18(2)16(12-17)8-10-19-9-7-14(16)11-19/h13-15H,3-12,17H2,1-2H3. The highest BCUT2D eigenvalue weighted by Crippen LogP contribution is 2.41. The quantitative estimate of drug-likeness (QED) is 0.846.